The van der Waals surface area contributed by atoms with Gasteiger partial charge in [0.1, 0.15) is 23.0 Å². The first kappa shape index (κ1) is 19.6. The van der Waals surface area contributed by atoms with Crippen molar-refractivity contribution in [2.24, 2.45) is 0 Å². The van der Waals surface area contributed by atoms with Crippen LogP contribution in [0.2, 0.25) is 0 Å². The summed E-state index contributed by atoms with van der Waals surface area (Å²) < 4.78 is 12.9. The number of benzene rings is 2. The summed E-state index contributed by atoms with van der Waals surface area (Å²) in [6, 6.07) is 8.44. The van der Waals surface area contributed by atoms with E-state index in [9.17, 15) is 5.11 Å². The molecule has 2 aromatic carbocycles. The van der Waals surface area contributed by atoms with Gasteiger partial charge in [0.2, 0.25) is 0 Å². The van der Waals surface area contributed by atoms with E-state index < -0.39 is 0 Å². The summed E-state index contributed by atoms with van der Waals surface area (Å²) >= 11 is 2.17. The minimum Gasteiger partial charge on any atom is -0.508 e. The Morgan fingerprint density at radius 2 is 1.48 bits per heavy atom. The molecular weight excluding hydrogens is 429 g/mol. The molecule has 23 heavy (non-hydrogen) atoms. The maximum Gasteiger partial charge on any atom is 0.126 e. The summed E-state index contributed by atoms with van der Waals surface area (Å²) in [5, 5.41) is 18.5. The van der Waals surface area contributed by atoms with Crippen LogP contribution in [0.3, 0.4) is 0 Å². The van der Waals surface area contributed by atoms with E-state index in [0.29, 0.717) is 17.2 Å². The van der Waals surface area contributed by atoms with Crippen molar-refractivity contribution in [3.63, 3.8) is 0 Å². The minimum atomic E-state index is 0.140. The van der Waals surface area contributed by atoms with Crippen molar-refractivity contribution in [2.45, 2.75) is 13.8 Å². The fourth-order valence-electron chi connectivity index (χ4n) is 1.74. The largest absolute Gasteiger partial charge is 0.508 e. The molecule has 0 heterocycles. The number of methoxy groups -OCH3 is 2. The van der Waals surface area contributed by atoms with Crippen molar-refractivity contribution in [3.05, 3.63) is 41.5 Å². The van der Waals surface area contributed by atoms with E-state index in [1.165, 1.54) is 35.5 Å². The van der Waals surface area contributed by atoms with E-state index in [-0.39, 0.29) is 5.75 Å². The Bertz CT molecular complexity index is 630. The predicted octanol–water partition coefficient (Wildman–Crippen LogP) is 4.83. The number of hydrogen-bond acceptors (Lipinski definition) is 6. The summed E-state index contributed by atoms with van der Waals surface area (Å²) in [7, 11) is 4.59. The molecule has 0 aromatic heterocycles. The van der Waals surface area contributed by atoms with Crippen molar-refractivity contribution in [1.82, 2.24) is 0 Å². The Balaban J connectivity index is 0.000000231. The van der Waals surface area contributed by atoms with Crippen molar-refractivity contribution in [3.8, 4) is 23.0 Å². The normalized spacial score (nSPS) is 9.61. The highest BCUT2D eigenvalue weighted by molar-refractivity contribution is 14.2. The van der Waals surface area contributed by atoms with Gasteiger partial charge in [-0.05, 0) is 37.1 Å². The van der Waals surface area contributed by atoms with Crippen LogP contribution in [0.15, 0.2) is 30.3 Å². The van der Waals surface area contributed by atoms with Gasteiger partial charge in [-0.2, -0.15) is 0 Å². The number of phenolic OH excluding ortho intramolecular Hbond substituents is 2. The third-order valence-electron chi connectivity index (χ3n) is 3.03. The number of aromatic hydroxyl groups is 2. The highest BCUT2D eigenvalue weighted by Crippen LogP contribution is 2.28. The standard InChI is InChI=1S/C8H10INOS.C8H10O3/c1-5-4-8(11)6(2)3-7(5)10-12-9;1-10-7-3-6(9)4-8(5-7)11-2/h3-4,10-11H,1-2H3;3-5,9H,1-2H3. The zero-order valence-electron chi connectivity index (χ0n) is 13.4. The molecule has 0 saturated heterocycles. The molecule has 0 bridgehead atoms. The molecule has 0 aliphatic heterocycles. The van der Waals surface area contributed by atoms with Crippen molar-refractivity contribution >= 4 is 36.0 Å². The second kappa shape index (κ2) is 9.61. The molecule has 3 N–H and O–H groups in total. The lowest BCUT2D eigenvalue weighted by Gasteiger charge is -2.07. The molecule has 2 rings (SSSR count). The van der Waals surface area contributed by atoms with Crippen LogP contribution >= 0.6 is 30.3 Å². The molecule has 0 unspecified atom stereocenters. The Kier molecular flexibility index (Phi) is 8.18. The number of phenols is 2. The Labute approximate surface area is 152 Å². The van der Waals surface area contributed by atoms with Gasteiger partial charge in [0.25, 0.3) is 0 Å². The van der Waals surface area contributed by atoms with Crippen LogP contribution in [0.5, 0.6) is 23.0 Å². The van der Waals surface area contributed by atoms with Crippen LogP contribution in [-0.4, -0.2) is 24.4 Å². The van der Waals surface area contributed by atoms with Crippen LogP contribution in [0.1, 0.15) is 11.1 Å². The van der Waals surface area contributed by atoms with E-state index in [0.717, 1.165) is 16.8 Å². The minimum absolute atomic E-state index is 0.140. The van der Waals surface area contributed by atoms with Gasteiger partial charge in [-0.3, -0.25) is 0 Å². The van der Waals surface area contributed by atoms with Crippen molar-refractivity contribution in [2.75, 3.05) is 18.9 Å². The molecule has 0 aliphatic carbocycles. The van der Waals surface area contributed by atoms with E-state index in [1.807, 2.05) is 19.9 Å². The van der Waals surface area contributed by atoms with Crippen LogP contribution < -0.4 is 14.2 Å². The Morgan fingerprint density at radius 3 is 1.96 bits per heavy atom. The first-order valence-corrected chi connectivity index (χ1v) is 10.0. The van der Waals surface area contributed by atoms with Gasteiger partial charge >= 0.3 is 0 Å². The molecule has 0 atom stereocenters. The van der Waals surface area contributed by atoms with Crippen LogP contribution in [-0.2, 0) is 0 Å². The molecule has 126 valence electrons. The monoisotopic (exact) mass is 449 g/mol. The third-order valence-corrected chi connectivity index (χ3v) is 3.99. The average Bonchev–Trinajstić information content (AvgIpc) is 2.52. The molecular formula is C16H20INO4S. The highest BCUT2D eigenvalue weighted by Gasteiger charge is 2.02. The summed E-state index contributed by atoms with van der Waals surface area (Å²) in [5.74, 6) is 1.67. The molecule has 7 heteroatoms. The number of anilines is 1. The van der Waals surface area contributed by atoms with Gasteiger partial charge in [0.15, 0.2) is 0 Å². The summed E-state index contributed by atoms with van der Waals surface area (Å²) in [5.41, 5.74) is 3.01. The number of hydrogen-bond donors (Lipinski definition) is 3. The second-order valence-corrected chi connectivity index (χ2v) is 6.38. The van der Waals surface area contributed by atoms with E-state index >= 15 is 0 Å². The Morgan fingerprint density at radius 1 is 0.913 bits per heavy atom. The second-order valence-electron chi connectivity index (χ2n) is 4.70. The molecule has 2 aromatic rings. The quantitative estimate of drug-likeness (QED) is 0.353. The van der Waals surface area contributed by atoms with Gasteiger partial charge in [-0.1, -0.05) is 0 Å². The number of rotatable bonds is 4. The number of aryl methyl sites for hydroxylation is 2. The molecule has 0 saturated carbocycles. The first-order valence-electron chi connectivity index (χ1n) is 6.67. The van der Waals surface area contributed by atoms with E-state index in [1.54, 1.807) is 12.1 Å². The van der Waals surface area contributed by atoms with Crippen LogP contribution in [0.25, 0.3) is 0 Å². The van der Waals surface area contributed by atoms with Gasteiger partial charge < -0.3 is 24.4 Å². The van der Waals surface area contributed by atoms with E-state index in [4.69, 9.17) is 14.6 Å². The molecule has 0 fully saturated rings. The van der Waals surface area contributed by atoms with Crippen LogP contribution in [0, 0.1) is 13.8 Å². The fourth-order valence-corrected chi connectivity index (χ4v) is 2.76. The average molecular weight is 449 g/mol. The molecule has 5 nitrogen and oxygen atoms in total. The number of nitrogens with one attached hydrogen (secondary N) is 1. The SMILES string of the molecule is COc1cc(O)cc(OC)c1.Cc1cc(NSI)c(C)cc1O. The van der Waals surface area contributed by atoms with Crippen molar-refractivity contribution < 1.29 is 19.7 Å². The molecule has 0 aliphatic rings. The molecule has 0 radical (unpaired) electrons. The lowest BCUT2D eigenvalue weighted by molar-refractivity contribution is 0.385. The molecule has 0 amide bonds. The Hall–Kier alpha value is -1.48. The van der Waals surface area contributed by atoms with Crippen LogP contribution in [0.4, 0.5) is 5.69 Å². The zero-order valence-corrected chi connectivity index (χ0v) is 16.4. The van der Waals surface area contributed by atoms with Crippen molar-refractivity contribution in [1.29, 1.82) is 0 Å². The summed E-state index contributed by atoms with van der Waals surface area (Å²) in [4.78, 5) is 0. The zero-order chi connectivity index (χ0) is 17.4. The number of ether oxygens (including phenoxy) is 2. The topological polar surface area (TPSA) is 71.0 Å². The van der Waals surface area contributed by atoms with Gasteiger partial charge in [0.05, 0.1) is 14.2 Å². The lowest BCUT2D eigenvalue weighted by atomic mass is 10.1. The summed E-state index contributed by atoms with van der Waals surface area (Å²) in [6.07, 6.45) is 0. The maximum atomic E-state index is 9.36. The van der Waals surface area contributed by atoms with E-state index in [2.05, 4.69) is 25.9 Å². The van der Waals surface area contributed by atoms with Gasteiger partial charge in [0, 0.05) is 54.2 Å². The van der Waals surface area contributed by atoms with Gasteiger partial charge in [-0.15, -0.1) is 0 Å². The molecule has 0 spiro atoms. The third kappa shape index (κ3) is 6.26. The van der Waals surface area contributed by atoms with Gasteiger partial charge in [-0.25, -0.2) is 0 Å². The predicted molar refractivity (Wildman–Crippen MR) is 104 cm³/mol. The maximum absolute atomic E-state index is 9.36. The lowest BCUT2D eigenvalue weighted by Crippen LogP contribution is -1.88. The smallest absolute Gasteiger partial charge is 0.126 e. The first-order chi connectivity index (χ1) is 10.9. The fraction of sp³-hybridized carbons (Fsp3) is 0.250. The highest BCUT2D eigenvalue weighted by atomic mass is 127. The number of halogens is 1. The summed E-state index contributed by atoms with van der Waals surface area (Å²) in [6.45, 7) is 3.85.